The molecule has 0 bridgehead atoms. The highest BCUT2D eigenvalue weighted by Gasteiger charge is 2.34. The number of hydrogen-bond acceptors (Lipinski definition) is 5. The summed E-state index contributed by atoms with van der Waals surface area (Å²) in [5.41, 5.74) is 0.885. The highest BCUT2D eigenvalue weighted by Crippen LogP contribution is 2.24. The maximum Gasteiger partial charge on any atom is 0.408 e. The van der Waals surface area contributed by atoms with E-state index < -0.39 is 36.3 Å². The number of aliphatic hydroxyl groups excluding tert-OH is 1. The number of nitrogens with zero attached hydrogens (tertiary/aromatic N) is 1. The molecule has 1 aliphatic carbocycles. The molecule has 0 saturated heterocycles. The Balaban J connectivity index is 2.23. The molecular formula is C24H37N3O5. The molecule has 1 aliphatic rings. The largest absolute Gasteiger partial charge is 0.444 e. The molecule has 8 heteroatoms. The lowest BCUT2D eigenvalue weighted by Gasteiger charge is -2.33. The Morgan fingerprint density at radius 3 is 2.41 bits per heavy atom. The summed E-state index contributed by atoms with van der Waals surface area (Å²) in [6, 6.07) is 5.39. The van der Waals surface area contributed by atoms with E-state index in [9.17, 15) is 19.5 Å². The van der Waals surface area contributed by atoms with Gasteiger partial charge in [0.2, 0.25) is 11.8 Å². The number of likely N-dealkylation sites (N-methyl/N-ethyl adjacent to an activating group) is 1. The van der Waals surface area contributed by atoms with Gasteiger partial charge in [0, 0.05) is 13.1 Å². The van der Waals surface area contributed by atoms with Crippen LogP contribution in [0.5, 0.6) is 0 Å². The quantitative estimate of drug-likeness (QED) is 0.596. The summed E-state index contributed by atoms with van der Waals surface area (Å²) in [5.74, 6) is -0.851. The van der Waals surface area contributed by atoms with Crippen LogP contribution in [-0.2, 0) is 14.3 Å². The molecule has 2 atom stereocenters. The van der Waals surface area contributed by atoms with Crippen LogP contribution in [0.4, 0.5) is 4.79 Å². The van der Waals surface area contributed by atoms with E-state index >= 15 is 0 Å². The first-order valence-electron chi connectivity index (χ1n) is 11.3. The number of alkyl carbamates (subject to hydrolysis) is 1. The Bertz CT molecular complexity index is 799. The average Bonchev–Trinajstić information content (AvgIpc) is 2.71. The minimum absolute atomic E-state index is 0.0839. The Kier molecular flexibility index (Phi) is 9.07. The van der Waals surface area contributed by atoms with E-state index in [2.05, 4.69) is 10.6 Å². The molecule has 3 N–H and O–H groups in total. The summed E-state index contributed by atoms with van der Waals surface area (Å²) in [6.45, 7) is 6.42. The van der Waals surface area contributed by atoms with Gasteiger partial charge < -0.3 is 25.4 Å². The van der Waals surface area contributed by atoms with Crippen molar-refractivity contribution in [3.63, 3.8) is 0 Å². The number of carbonyl (C=O) groups excluding carboxylic acids is 3. The zero-order chi connectivity index (χ0) is 23.9. The van der Waals surface area contributed by atoms with Crippen LogP contribution in [0.15, 0.2) is 24.3 Å². The number of nitrogens with one attached hydrogen (secondary N) is 2. The second-order valence-electron chi connectivity index (χ2n) is 9.49. The molecule has 32 heavy (non-hydrogen) atoms. The van der Waals surface area contributed by atoms with Crippen LogP contribution in [-0.4, -0.2) is 59.3 Å². The number of hydrogen-bond donors (Lipinski definition) is 3. The van der Waals surface area contributed by atoms with Gasteiger partial charge in [-0.1, -0.05) is 49.1 Å². The lowest BCUT2D eigenvalue weighted by atomic mass is 9.94. The van der Waals surface area contributed by atoms with E-state index in [4.69, 9.17) is 4.74 Å². The van der Waals surface area contributed by atoms with Crippen molar-refractivity contribution in [2.24, 2.45) is 0 Å². The smallest absolute Gasteiger partial charge is 0.408 e. The van der Waals surface area contributed by atoms with Gasteiger partial charge in [-0.2, -0.15) is 0 Å². The van der Waals surface area contributed by atoms with Crippen molar-refractivity contribution in [3.8, 4) is 0 Å². The summed E-state index contributed by atoms with van der Waals surface area (Å²) >= 11 is 0. The molecule has 2 unspecified atom stereocenters. The molecule has 0 aromatic heterocycles. The fraction of sp³-hybridized carbons (Fsp3) is 0.625. The zero-order valence-electron chi connectivity index (χ0n) is 19.8. The minimum atomic E-state index is -1.23. The molecule has 0 aliphatic heterocycles. The molecule has 0 heterocycles. The number of rotatable bonds is 7. The van der Waals surface area contributed by atoms with Gasteiger partial charge in [0.25, 0.3) is 0 Å². The summed E-state index contributed by atoms with van der Waals surface area (Å²) in [5, 5.41) is 15.3. The Hall–Kier alpha value is -2.61. The van der Waals surface area contributed by atoms with Crippen LogP contribution in [0.3, 0.4) is 0 Å². The van der Waals surface area contributed by atoms with E-state index in [0.717, 1.165) is 31.2 Å². The average molecular weight is 448 g/mol. The number of ether oxygens (including phenoxy) is 1. The zero-order valence-corrected chi connectivity index (χ0v) is 19.8. The number of amides is 3. The first kappa shape index (κ1) is 25.6. The monoisotopic (exact) mass is 447 g/mol. The Labute approximate surface area is 190 Å². The van der Waals surface area contributed by atoms with E-state index in [0.29, 0.717) is 5.56 Å². The van der Waals surface area contributed by atoms with Crippen LogP contribution in [0, 0.1) is 6.92 Å². The van der Waals surface area contributed by atoms with E-state index in [1.807, 2.05) is 25.1 Å². The number of aryl methyl sites for hydroxylation is 1. The first-order valence-corrected chi connectivity index (χ1v) is 11.3. The third-order valence-electron chi connectivity index (χ3n) is 5.46. The van der Waals surface area contributed by atoms with Gasteiger partial charge in [-0.15, -0.1) is 0 Å². The van der Waals surface area contributed by atoms with Gasteiger partial charge in [-0.3, -0.25) is 9.59 Å². The second-order valence-corrected chi connectivity index (χ2v) is 9.49. The summed E-state index contributed by atoms with van der Waals surface area (Å²) in [6.07, 6.45) is 4.34. The lowest BCUT2D eigenvalue weighted by Crippen LogP contribution is -2.53. The molecule has 3 amide bonds. The first-order chi connectivity index (χ1) is 15.0. The number of benzene rings is 1. The minimum Gasteiger partial charge on any atom is -0.444 e. The molecule has 8 nitrogen and oxygen atoms in total. The van der Waals surface area contributed by atoms with Crippen molar-refractivity contribution < 1.29 is 24.2 Å². The number of carbonyl (C=O) groups is 3. The Morgan fingerprint density at radius 1 is 1.19 bits per heavy atom. The molecule has 1 aromatic carbocycles. The van der Waals surface area contributed by atoms with E-state index in [1.54, 1.807) is 26.8 Å². The van der Waals surface area contributed by atoms with Crippen molar-refractivity contribution in [1.82, 2.24) is 15.5 Å². The summed E-state index contributed by atoms with van der Waals surface area (Å²) in [4.78, 5) is 39.9. The van der Waals surface area contributed by atoms with Gasteiger partial charge in [0.15, 0.2) is 0 Å². The van der Waals surface area contributed by atoms with Crippen LogP contribution in [0.25, 0.3) is 0 Å². The van der Waals surface area contributed by atoms with Gasteiger partial charge in [-0.25, -0.2) is 4.79 Å². The molecule has 0 radical (unpaired) electrons. The fourth-order valence-corrected chi connectivity index (χ4v) is 3.93. The summed E-state index contributed by atoms with van der Waals surface area (Å²) in [7, 11) is 1.51. The van der Waals surface area contributed by atoms with Crippen LogP contribution >= 0.6 is 0 Å². The van der Waals surface area contributed by atoms with Crippen molar-refractivity contribution in [1.29, 1.82) is 0 Å². The maximum absolute atomic E-state index is 13.3. The topological polar surface area (TPSA) is 108 Å². The van der Waals surface area contributed by atoms with Gasteiger partial charge in [-0.05, 0) is 46.1 Å². The predicted molar refractivity (Wildman–Crippen MR) is 122 cm³/mol. The SMILES string of the molecule is Cc1cccc(C(C(=O)NC2CCCCC2)N(C)C(=O)C(CO)NC(=O)OC(C)(C)C)c1. The molecule has 178 valence electrons. The third-order valence-corrected chi connectivity index (χ3v) is 5.46. The highest BCUT2D eigenvalue weighted by molar-refractivity contribution is 5.92. The predicted octanol–water partition coefficient (Wildman–Crippen LogP) is 2.83. The highest BCUT2D eigenvalue weighted by atomic mass is 16.6. The third kappa shape index (κ3) is 7.51. The van der Waals surface area contributed by atoms with Crippen molar-refractivity contribution in [2.75, 3.05) is 13.7 Å². The maximum atomic E-state index is 13.3. The van der Waals surface area contributed by atoms with Gasteiger partial charge in [0.1, 0.15) is 17.7 Å². The fourth-order valence-electron chi connectivity index (χ4n) is 3.93. The second kappa shape index (κ2) is 11.3. The van der Waals surface area contributed by atoms with Crippen LogP contribution < -0.4 is 10.6 Å². The number of aliphatic hydroxyl groups is 1. The standard InChI is InChI=1S/C24H37N3O5/c1-16-10-9-11-17(14-16)20(21(29)25-18-12-7-6-8-13-18)27(5)22(30)19(15-28)26-23(31)32-24(2,3)4/h9-11,14,18-20,28H,6-8,12-13,15H2,1-5H3,(H,25,29)(H,26,31). The molecule has 1 fully saturated rings. The molecule has 2 rings (SSSR count). The molecule has 1 saturated carbocycles. The lowest BCUT2D eigenvalue weighted by molar-refractivity contribution is -0.141. The van der Waals surface area contributed by atoms with Crippen LogP contribution in [0.2, 0.25) is 0 Å². The van der Waals surface area contributed by atoms with Gasteiger partial charge >= 0.3 is 6.09 Å². The van der Waals surface area contributed by atoms with Crippen molar-refractivity contribution in [3.05, 3.63) is 35.4 Å². The molecule has 1 aromatic rings. The normalized spacial score (nSPS) is 16.6. The van der Waals surface area contributed by atoms with Crippen LogP contribution in [0.1, 0.15) is 70.0 Å². The Morgan fingerprint density at radius 2 is 1.84 bits per heavy atom. The van der Waals surface area contributed by atoms with E-state index in [-0.39, 0.29) is 11.9 Å². The van der Waals surface area contributed by atoms with Crippen molar-refractivity contribution in [2.45, 2.75) is 83.5 Å². The summed E-state index contributed by atoms with van der Waals surface area (Å²) < 4.78 is 5.20. The van der Waals surface area contributed by atoms with Crippen molar-refractivity contribution >= 4 is 17.9 Å². The van der Waals surface area contributed by atoms with E-state index in [1.165, 1.54) is 18.4 Å². The van der Waals surface area contributed by atoms with Gasteiger partial charge in [0.05, 0.1) is 6.61 Å². The molecule has 0 spiro atoms. The molecular weight excluding hydrogens is 410 g/mol.